The highest BCUT2D eigenvalue weighted by molar-refractivity contribution is 5.88. The van der Waals surface area contributed by atoms with Crippen molar-refractivity contribution < 1.29 is 4.74 Å². The second kappa shape index (κ2) is 4.78. The van der Waals surface area contributed by atoms with Crippen LogP contribution in [0.15, 0.2) is 30.6 Å². The summed E-state index contributed by atoms with van der Waals surface area (Å²) < 4.78 is 5.75. The summed E-state index contributed by atoms with van der Waals surface area (Å²) in [7, 11) is 0. The third kappa shape index (κ3) is 2.68. The molecule has 0 saturated carbocycles. The Bertz CT molecular complexity index is 577. The van der Waals surface area contributed by atoms with Crippen LogP contribution >= 0.6 is 0 Å². The molecular formula is C15H19N3O. The maximum atomic E-state index is 5.75. The summed E-state index contributed by atoms with van der Waals surface area (Å²) in [5.41, 5.74) is 0.921. The summed E-state index contributed by atoms with van der Waals surface area (Å²) in [6.07, 6.45) is 3.63. The van der Waals surface area contributed by atoms with E-state index in [1.54, 1.807) is 6.33 Å². The first-order chi connectivity index (χ1) is 9.14. The fraction of sp³-hybridized carbons (Fsp3) is 0.467. The average Bonchev–Trinajstić information content (AvgIpc) is 2.38. The van der Waals surface area contributed by atoms with E-state index >= 15 is 0 Å². The maximum absolute atomic E-state index is 5.75. The van der Waals surface area contributed by atoms with Gasteiger partial charge in [0.15, 0.2) is 0 Å². The molecule has 1 N–H and O–H groups in total. The summed E-state index contributed by atoms with van der Waals surface area (Å²) in [5, 5.41) is 4.63. The van der Waals surface area contributed by atoms with Gasteiger partial charge in [-0.25, -0.2) is 9.97 Å². The molecular weight excluding hydrogens is 238 g/mol. The summed E-state index contributed by atoms with van der Waals surface area (Å²) >= 11 is 0. The number of para-hydroxylation sites is 1. The molecule has 1 unspecified atom stereocenters. The average molecular weight is 257 g/mol. The fourth-order valence-corrected chi connectivity index (χ4v) is 2.67. The molecule has 1 fully saturated rings. The van der Waals surface area contributed by atoms with Gasteiger partial charge in [0.1, 0.15) is 12.1 Å². The van der Waals surface area contributed by atoms with Gasteiger partial charge in [-0.3, -0.25) is 0 Å². The van der Waals surface area contributed by atoms with Crippen LogP contribution in [-0.2, 0) is 4.74 Å². The van der Waals surface area contributed by atoms with Crippen LogP contribution in [0.5, 0.6) is 0 Å². The van der Waals surface area contributed by atoms with Crippen molar-refractivity contribution >= 4 is 16.7 Å². The van der Waals surface area contributed by atoms with Crippen molar-refractivity contribution in [1.82, 2.24) is 9.97 Å². The highest BCUT2D eigenvalue weighted by atomic mass is 16.5. The quantitative estimate of drug-likeness (QED) is 0.898. The van der Waals surface area contributed by atoms with Crippen molar-refractivity contribution in [3.63, 3.8) is 0 Å². The second-order valence-corrected chi connectivity index (χ2v) is 5.68. The summed E-state index contributed by atoms with van der Waals surface area (Å²) in [6, 6.07) is 8.49. The Morgan fingerprint density at radius 2 is 2.11 bits per heavy atom. The molecule has 0 radical (unpaired) electrons. The number of benzene rings is 1. The predicted octanol–water partition coefficient (Wildman–Crippen LogP) is 3.00. The van der Waals surface area contributed by atoms with Crippen LogP contribution in [0.2, 0.25) is 0 Å². The first kappa shape index (κ1) is 12.4. The molecule has 1 saturated heterocycles. The van der Waals surface area contributed by atoms with Crippen molar-refractivity contribution in [2.75, 3.05) is 11.9 Å². The van der Waals surface area contributed by atoms with Crippen LogP contribution in [-0.4, -0.2) is 28.2 Å². The van der Waals surface area contributed by atoms with Crippen LogP contribution in [0.1, 0.15) is 26.7 Å². The molecule has 3 rings (SSSR count). The number of fused-ring (bicyclic) bond motifs is 1. The van der Waals surface area contributed by atoms with E-state index in [4.69, 9.17) is 4.74 Å². The lowest BCUT2D eigenvalue weighted by Crippen LogP contribution is -2.40. The van der Waals surface area contributed by atoms with E-state index in [2.05, 4.69) is 35.2 Å². The van der Waals surface area contributed by atoms with Crippen molar-refractivity contribution in [2.45, 2.75) is 38.3 Å². The van der Waals surface area contributed by atoms with Gasteiger partial charge in [-0.15, -0.1) is 0 Å². The number of aromatic nitrogens is 2. The molecule has 19 heavy (non-hydrogen) atoms. The highest BCUT2D eigenvalue weighted by Gasteiger charge is 2.29. The highest BCUT2D eigenvalue weighted by Crippen LogP contribution is 2.27. The molecule has 2 heterocycles. The fourth-order valence-electron chi connectivity index (χ4n) is 2.67. The lowest BCUT2D eigenvalue weighted by Gasteiger charge is -2.36. The molecule has 0 amide bonds. The van der Waals surface area contributed by atoms with E-state index in [0.717, 1.165) is 36.2 Å². The Morgan fingerprint density at radius 3 is 2.95 bits per heavy atom. The number of anilines is 1. The minimum atomic E-state index is -0.0568. The number of rotatable bonds is 2. The number of hydrogen-bond donors (Lipinski definition) is 1. The van der Waals surface area contributed by atoms with Crippen molar-refractivity contribution in [3.05, 3.63) is 30.6 Å². The molecule has 1 aromatic heterocycles. The number of ether oxygens (including phenoxy) is 1. The van der Waals surface area contributed by atoms with Crippen LogP contribution in [0, 0.1) is 0 Å². The summed E-state index contributed by atoms with van der Waals surface area (Å²) in [5.74, 6) is 0.924. The van der Waals surface area contributed by atoms with Gasteiger partial charge < -0.3 is 10.1 Å². The van der Waals surface area contributed by atoms with E-state index in [-0.39, 0.29) is 5.60 Å². The van der Waals surface area contributed by atoms with Gasteiger partial charge in [0.05, 0.1) is 11.1 Å². The van der Waals surface area contributed by atoms with Crippen LogP contribution in [0.25, 0.3) is 10.9 Å². The Labute approximate surface area is 113 Å². The third-order valence-electron chi connectivity index (χ3n) is 3.58. The lowest BCUT2D eigenvalue weighted by molar-refractivity contribution is -0.0553. The third-order valence-corrected chi connectivity index (χ3v) is 3.58. The molecule has 100 valence electrons. The van der Waals surface area contributed by atoms with Gasteiger partial charge in [0, 0.05) is 18.0 Å². The Morgan fingerprint density at radius 1 is 1.26 bits per heavy atom. The predicted molar refractivity (Wildman–Crippen MR) is 76.2 cm³/mol. The van der Waals surface area contributed by atoms with Crippen LogP contribution < -0.4 is 5.32 Å². The summed E-state index contributed by atoms with van der Waals surface area (Å²) in [4.78, 5) is 8.67. The van der Waals surface area contributed by atoms with Crippen LogP contribution in [0.3, 0.4) is 0 Å². The second-order valence-electron chi connectivity index (χ2n) is 5.68. The lowest BCUT2D eigenvalue weighted by atomic mass is 9.94. The SMILES string of the molecule is CC1(C)CC(Nc2ncnc3ccccc23)CCO1. The molecule has 0 spiro atoms. The first-order valence-electron chi connectivity index (χ1n) is 6.74. The molecule has 1 aliphatic heterocycles. The zero-order valence-electron chi connectivity index (χ0n) is 11.4. The molecule has 1 aliphatic rings. The van der Waals surface area contributed by atoms with Gasteiger partial charge in [-0.1, -0.05) is 12.1 Å². The largest absolute Gasteiger partial charge is 0.375 e. The van der Waals surface area contributed by atoms with Gasteiger partial charge in [0.2, 0.25) is 0 Å². The van der Waals surface area contributed by atoms with Gasteiger partial charge >= 0.3 is 0 Å². The Balaban J connectivity index is 1.85. The molecule has 0 aliphatic carbocycles. The molecule has 1 atom stereocenters. The van der Waals surface area contributed by atoms with Gasteiger partial charge in [-0.2, -0.15) is 0 Å². The van der Waals surface area contributed by atoms with Gasteiger partial charge in [0.25, 0.3) is 0 Å². The Hall–Kier alpha value is -1.68. The first-order valence-corrected chi connectivity index (χ1v) is 6.74. The van der Waals surface area contributed by atoms with Crippen molar-refractivity contribution in [1.29, 1.82) is 0 Å². The monoisotopic (exact) mass is 257 g/mol. The molecule has 4 nitrogen and oxygen atoms in total. The maximum Gasteiger partial charge on any atom is 0.137 e. The van der Waals surface area contributed by atoms with Crippen LogP contribution in [0.4, 0.5) is 5.82 Å². The van der Waals surface area contributed by atoms with E-state index in [1.807, 2.05) is 18.2 Å². The number of nitrogens with zero attached hydrogens (tertiary/aromatic N) is 2. The smallest absolute Gasteiger partial charge is 0.137 e. The summed E-state index contributed by atoms with van der Waals surface area (Å²) in [6.45, 7) is 5.07. The number of nitrogens with one attached hydrogen (secondary N) is 1. The van der Waals surface area contributed by atoms with Gasteiger partial charge in [-0.05, 0) is 38.8 Å². The minimum Gasteiger partial charge on any atom is -0.375 e. The zero-order valence-corrected chi connectivity index (χ0v) is 11.4. The standard InChI is InChI=1S/C15H19N3O/c1-15(2)9-11(7-8-19-15)18-14-12-5-3-4-6-13(12)16-10-17-14/h3-6,10-11H,7-9H2,1-2H3,(H,16,17,18). The Kier molecular flexibility index (Phi) is 3.11. The van der Waals surface area contributed by atoms with E-state index in [0.29, 0.717) is 6.04 Å². The van der Waals surface area contributed by atoms with E-state index in [1.165, 1.54) is 0 Å². The molecule has 1 aromatic carbocycles. The molecule has 2 aromatic rings. The molecule has 0 bridgehead atoms. The topological polar surface area (TPSA) is 47.0 Å². The normalized spacial score (nSPS) is 22.3. The number of hydrogen-bond acceptors (Lipinski definition) is 4. The van der Waals surface area contributed by atoms with E-state index < -0.39 is 0 Å². The van der Waals surface area contributed by atoms with Crippen molar-refractivity contribution in [2.24, 2.45) is 0 Å². The van der Waals surface area contributed by atoms with E-state index in [9.17, 15) is 0 Å². The molecule has 4 heteroatoms. The van der Waals surface area contributed by atoms with Crippen molar-refractivity contribution in [3.8, 4) is 0 Å². The zero-order chi connectivity index (χ0) is 13.3. The minimum absolute atomic E-state index is 0.0568.